The molecular formula is C7H12N2O3. The Morgan fingerprint density at radius 1 is 1.67 bits per heavy atom. The summed E-state index contributed by atoms with van der Waals surface area (Å²) in [6, 6.07) is -0.825. The number of carboxylic acid groups (broad SMARTS) is 1. The molecule has 3 N–H and O–H groups in total. The molecule has 0 bridgehead atoms. The number of carboxylic acids is 1. The number of rotatable bonds is 2. The second-order valence-corrected chi connectivity index (χ2v) is 2.98. The summed E-state index contributed by atoms with van der Waals surface area (Å²) in [5.74, 6) is -0.975. The standard InChI is InChI=1S/C7H12N2O3/c8-5-1-2-9(4-10)6(3-5)7(11)12/h4-6H,1-3,8H2,(H,11,12). The molecule has 0 aromatic rings. The van der Waals surface area contributed by atoms with Crippen LogP contribution in [0.1, 0.15) is 12.8 Å². The summed E-state index contributed by atoms with van der Waals surface area (Å²) in [6.45, 7) is 0.446. The van der Waals surface area contributed by atoms with Gasteiger partial charge in [0.15, 0.2) is 0 Å². The number of nitrogens with two attached hydrogens (primary N) is 1. The van der Waals surface area contributed by atoms with Gasteiger partial charge in [0, 0.05) is 12.6 Å². The fraction of sp³-hybridized carbons (Fsp3) is 0.714. The summed E-state index contributed by atoms with van der Waals surface area (Å²) in [6.07, 6.45) is 1.61. The molecule has 0 saturated carbocycles. The quantitative estimate of drug-likeness (QED) is 0.524. The van der Waals surface area contributed by atoms with Gasteiger partial charge in [0.1, 0.15) is 6.04 Å². The van der Waals surface area contributed by atoms with Crippen molar-refractivity contribution in [3.05, 3.63) is 0 Å². The largest absolute Gasteiger partial charge is 0.480 e. The Kier molecular flexibility index (Phi) is 2.65. The third-order valence-electron chi connectivity index (χ3n) is 2.10. The van der Waals surface area contributed by atoms with Gasteiger partial charge < -0.3 is 15.7 Å². The fourth-order valence-corrected chi connectivity index (χ4v) is 1.38. The Morgan fingerprint density at radius 2 is 2.33 bits per heavy atom. The third kappa shape index (κ3) is 1.73. The first kappa shape index (κ1) is 8.99. The Labute approximate surface area is 70.1 Å². The van der Waals surface area contributed by atoms with Crippen LogP contribution < -0.4 is 5.73 Å². The van der Waals surface area contributed by atoms with Crippen LogP contribution in [0.4, 0.5) is 0 Å². The van der Waals surface area contributed by atoms with E-state index in [1.165, 1.54) is 4.90 Å². The third-order valence-corrected chi connectivity index (χ3v) is 2.10. The predicted octanol–water partition coefficient (Wildman–Crippen LogP) is -0.981. The monoisotopic (exact) mass is 172 g/mol. The lowest BCUT2D eigenvalue weighted by Gasteiger charge is -2.32. The lowest BCUT2D eigenvalue weighted by molar-refractivity contribution is -0.148. The van der Waals surface area contributed by atoms with E-state index in [2.05, 4.69) is 0 Å². The first-order chi connectivity index (χ1) is 5.65. The van der Waals surface area contributed by atoms with E-state index in [1.54, 1.807) is 0 Å². The summed E-state index contributed by atoms with van der Waals surface area (Å²) in [5.41, 5.74) is 5.57. The SMILES string of the molecule is NC1CCN(C=O)C(C(=O)O)C1. The summed E-state index contributed by atoms with van der Waals surface area (Å²) >= 11 is 0. The molecule has 2 unspecified atom stereocenters. The zero-order valence-corrected chi connectivity index (χ0v) is 6.64. The Morgan fingerprint density at radius 3 is 2.83 bits per heavy atom. The van der Waals surface area contributed by atoms with Crippen molar-refractivity contribution < 1.29 is 14.7 Å². The minimum absolute atomic E-state index is 0.0951. The number of carbonyl (C=O) groups is 2. The van der Waals surface area contributed by atoms with E-state index >= 15 is 0 Å². The molecule has 0 radical (unpaired) electrons. The minimum atomic E-state index is -0.975. The minimum Gasteiger partial charge on any atom is -0.480 e. The molecule has 0 aromatic heterocycles. The van der Waals surface area contributed by atoms with E-state index in [-0.39, 0.29) is 6.04 Å². The Balaban J connectivity index is 2.63. The van der Waals surface area contributed by atoms with Gasteiger partial charge in [-0.2, -0.15) is 0 Å². The fourth-order valence-electron chi connectivity index (χ4n) is 1.38. The van der Waals surface area contributed by atoms with Crippen molar-refractivity contribution in [3.8, 4) is 0 Å². The molecule has 68 valence electrons. The van der Waals surface area contributed by atoms with Crippen LogP contribution >= 0.6 is 0 Å². The molecule has 12 heavy (non-hydrogen) atoms. The molecule has 1 aliphatic rings. The lowest BCUT2D eigenvalue weighted by Crippen LogP contribution is -2.50. The summed E-state index contributed by atoms with van der Waals surface area (Å²) in [5, 5.41) is 8.70. The van der Waals surface area contributed by atoms with Gasteiger partial charge in [-0.05, 0) is 12.8 Å². The van der Waals surface area contributed by atoms with Crippen LogP contribution in [0, 0.1) is 0 Å². The maximum atomic E-state index is 10.6. The molecule has 5 nitrogen and oxygen atoms in total. The van der Waals surface area contributed by atoms with Crippen LogP contribution in [0.25, 0.3) is 0 Å². The van der Waals surface area contributed by atoms with Crippen LogP contribution in [-0.2, 0) is 9.59 Å². The topological polar surface area (TPSA) is 83.6 Å². The van der Waals surface area contributed by atoms with E-state index in [0.717, 1.165) is 0 Å². The molecular weight excluding hydrogens is 160 g/mol. The van der Waals surface area contributed by atoms with Crippen molar-refractivity contribution in [1.29, 1.82) is 0 Å². The number of likely N-dealkylation sites (tertiary alicyclic amines) is 1. The number of amides is 1. The van der Waals surface area contributed by atoms with Crippen molar-refractivity contribution in [2.45, 2.75) is 24.9 Å². The highest BCUT2D eigenvalue weighted by Gasteiger charge is 2.30. The molecule has 1 saturated heterocycles. The lowest BCUT2D eigenvalue weighted by atomic mass is 9.99. The zero-order valence-electron chi connectivity index (χ0n) is 6.64. The van der Waals surface area contributed by atoms with Crippen LogP contribution in [0.5, 0.6) is 0 Å². The second-order valence-electron chi connectivity index (χ2n) is 2.98. The molecule has 1 rings (SSSR count). The number of piperidine rings is 1. The van der Waals surface area contributed by atoms with E-state index in [9.17, 15) is 9.59 Å². The highest BCUT2D eigenvalue weighted by atomic mass is 16.4. The van der Waals surface area contributed by atoms with Gasteiger partial charge in [-0.1, -0.05) is 0 Å². The highest BCUT2D eigenvalue weighted by Crippen LogP contribution is 2.14. The number of aliphatic carboxylic acids is 1. The Bertz CT molecular complexity index is 195. The van der Waals surface area contributed by atoms with E-state index in [4.69, 9.17) is 10.8 Å². The molecule has 1 fully saturated rings. The summed E-state index contributed by atoms with van der Waals surface area (Å²) < 4.78 is 0. The van der Waals surface area contributed by atoms with Gasteiger partial charge in [-0.3, -0.25) is 4.79 Å². The van der Waals surface area contributed by atoms with Gasteiger partial charge in [0.25, 0.3) is 0 Å². The van der Waals surface area contributed by atoms with Crippen molar-refractivity contribution in [1.82, 2.24) is 4.90 Å². The van der Waals surface area contributed by atoms with Gasteiger partial charge in [-0.25, -0.2) is 4.79 Å². The van der Waals surface area contributed by atoms with E-state index < -0.39 is 12.0 Å². The first-order valence-corrected chi connectivity index (χ1v) is 3.84. The highest BCUT2D eigenvalue weighted by molar-refractivity contribution is 5.76. The predicted molar refractivity (Wildman–Crippen MR) is 41.4 cm³/mol. The van der Waals surface area contributed by atoms with Gasteiger partial charge in [0.05, 0.1) is 0 Å². The maximum Gasteiger partial charge on any atom is 0.326 e. The average Bonchev–Trinajstić information content (AvgIpc) is 2.04. The smallest absolute Gasteiger partial charge is 0.326 e. The van der Waals surface area contributed by atoms with Crippen molar-refractivity contribution in [2.24, 2.45) is 5.73 Å². The van der Waals surface area contributed by atoms with E-state index in [0.29, 0.717) is 25.8 Å². The van der Waals surface area contributed by atoms with Crippen molar-refractivity contribution in [2.75, 3.05) is 6.54 Å². The van der Waals surface area contributed by atoms with Gasteiger partial charge in [0.2, 0.25) is 6.41 Å². The first-order valence-electron chi connectivity index (χ1n) is 3.84. The molecule has 0 aliphatic carbocycles. The van der Waals surface area contributed by atoms with Gasteiger partial charge >= 0.3 is 5.97 Å². The zero-order chi connectivity index (χ0) is 9.14. The molecule has 1 heterocycles. The molecule has 0 aromatic carbocycles. The van der Waals surface area contributed by atoms with Crippen LogP contribution in [0.15, 0.2) is 0 Å². The molecule has 1 amide bonds. The second kappa shape index (κ2) is 3.53. The average molecular weight is 172 g/mol. The van der Waals surface area contributed by atoms with Crippen molar-refractivity contribution in [3.63, 3.8) is 0 Å². The molecule has 1 aliphatic heterocycles. The van der Waals surface area contributed by atoms with Crippen molar-refractivity contribution >= 4 is 12.4 Å². The molecule has 2 atom stereocenters. The maximum absolute atomic E-state index is 10.6. The number of carbonyl (C=O) groups excluding carboxylic acids is 1. The van der Waals surface area contributed by atoms with Crippen LogP contribution in [-0.4, -0.2) is 41.0 Å². The summed E-state index contributed by atoms with van der Waals surface area (Å²) in [7, 11) is 0. The Hall–Kier alpha value is -1.10. The van der Waals surface area contributed by atoms with Crippen LogP contribution in [0.2, 0.25) is 0 Å². The molecule has 0 spiro atoms. The number of nitrogens with zero attached hydrogens (tertiary/aromatic N) is 1. The van der Waals surface area contributed by atoms with Gasteiger partial charge in [-0.15, -0.1) is 0 Å². The van der Waals surface area contributed by atoms with E-state index in [1.807, 2.05) is 0 Å². The van der Waals surface area contributed by atoms with Crippen LogP contribution in [0.3, 0.4) is 0 Å². The summed E-state index contributed by atoms with van der Waals surface area (Å²) in [4.78, 5) is 22.3. The normalized spacial score (nSPS) is 29.9. The number of hydrogen-bond donors (Lipinski definition) is 2. The number of hydrogen-bond acceptors (Lipinski definition) is 3. The molecule has 5 heteroatoms.